The molecule has 6 nitrogen and oxygen atoms in total. The summed E-state index contributed by atoms with van der Waals surface area (Å²) in [5, 5.41) is 3.03. The molecule has 2 aromatic carbocycles. The second-order valence-corrected chi connectivity index (χ2v) is 6.59. The van der Waals surface area contributed by atoms with E-state index in [0.29, 0.717) is 23.6 Å². The molecule has 0 spiro atoms. The molecule has 0 aromatic heterocycles. The van der Waals surface area contributed by atoms with Crippen LogP contribution >= 0.6 is 0 Å². The van der Waals surface area contributed by atoms with Crippen LogP contribution in [0, 0.1) is 6.92 Å². The number of nitrogens with one attached hydrogen (secondary N) is 2. The number of benzene rings is 2. The fourth-order valence-corrected chi connectivity index (χ4v) is 3.09. The van der Waals surface area contributed by atoms with Gasteiger partial charge in [0.2, 0.25) is 0 Å². The molecule has 0 saturated carbocycles. The van der Waals surface area contributed by atoms with Crippen LogP contribution in [-0.2, 0) is 0 Å². The van der Waals surface area contributed by atoms with Crippen molar-refractivity contribution in [3.05, 3.63) is 53.1 Å². The van der Waals surface area contributed by atoms with Gasteiger partial charge in [-0.1, -0.05) is 12.1 Å². The molecule has 0 aliphatic heterocycles. The van der Waals surface area contributed by atoms with Crippen LogP contribution in [0.4, 0.5) is 0 Å². The van der Waals surface area contributed by atoms with Crippen LogP contribution in [0.15, 0.2) is 36.4 Å². The van der Waals surface area contributed by atoms with Gasteiger partial charge < -0.3 is 24.4 Å². The van der Waals surface area contributed by atoms with Crippen LogP contribution in [0.25, 0.3) is 0 Å². The van der Waals surface area contributed by atoms with Crippen molar-refractivity contribution in [3.8, 4) is 17.2 Å². The molecule has 2 N–H and O–H groups in total. The van der Waals surface area contributed by atoms with Gasteiger partial charge in [-0.25, -0.2) is 0 Å². The number of amides is 1. The second kappa shape index (κ2) is 9.28. The van der Waals surface area contributed by atoms with Crippen molar-refractivity contribution >= 4 is 5.91 Å². The van der Waals surface area contributed by atoms with Crippen molar-refractivity contribution in [1.29, 1.82) is 0 Å². The molecule has 0 bridgehead atoms. The zero-order valence-corrected chi connectivity index (χ0v) is 16.9. The molecule has 0 aliphatic carbocycles. The predicted molar refractivity (Wildman–Crippen MR) is 105 cm³/mol. The third-order valence-corrected chi connectivity index (χ3v) is 4.69. The molecule has 0 aliphatic rings. The van der Waals surface area contributed by atoms with Gasteiger partial charge in [0.05, 0.1) is 47.5 Å². The van der Waals surface area contributed by atoms with Crippen molar-refractivity contribution in [2.24, 2.45) is 0 Å². The molecule has 6 heteroatoms. The Labute approximate surface area is 161 Å². The Kier molecular flexibility index (Phi) is 7.07. The fraction of sp³-hybridized carbons (Fsp3) is 0.381. The number of rotatable bonds is 8. The summed E-state index contributed by atoms with van der Waals surface area (Å²) in [4.78, 5) is 13.9. The number of hydrogen-bond acceptors (Lipinski definition) is 4. The maximum atomic E-state index is 12.7. The molecular formula is C21H29N2O4+. The zero-order valence-electron chi connectivity index (χ0n) is 16.9. The molecule has 2 aromatic rings. The van der Waals surface area contributed by atoms with Crippen molar-refractivity contribution < 1.29 is 23.9 Å². The molecule has 2 rings (SSSR count). The number of ether oxygens (including phenoxy) is 3. The molecule has 1 atom stereocenters. The van der Waals surface area contributed by atoms with Crippen molar-refractivity contribution in [3.63, 3.8) is 0 Å². The molecule has 0 radical (unpaired) electrons. The first-order chi connectivity index (χ1) is 12.9. The number of likely N-dealkylation sites (N-methyl/N-ethyl adjacent to an activating group) is 1. The van der Waals surface area contributed by atoms with Crippen molar-refractivity contribution in [2.45, 2.75) is 13.0 Å². The Morgan fingerprint density at radius 1 is 1.00 bits per heavy atom. The van der Waals surface area contributed by atoms with E-state index in [2.05, 4.69) is 19.4 Å². The van der Waals surface area contributed by atoms with Gasteiger partial charge in [-0.15, -0.1) is 0 Å². The smallest absolute Gasteiger partial charge is 0.251 e. The van der Waals surface area contributed by atoms with E-state index in [1.54, 1.807) is 33.5 Å². The predicted octanol–water partition coefficient (Wildman–Crippen LogP) is 1.64. The summed E-state index contributed by atoms with van der Waals surface area (Å²) in [5.74, 6) is 1.89. The highest BCUT2D eigenvalue weighted by Crippen LogP contribution is 2.29. The van der Waals surface area contributed by atoms with E-state index in [9.17, 15) is 4.79 Å². The number of carbonyl (C=O) groups is 1. The first-order valence-corrected chi connectivity index (χ1v) is 8.86. The molecular weight excluding hydrogens is 344 g/mol. The first-order valence-electron chi connectivity index (χ1n) is 8.86. The third-order valence-electron chi connectivity index (χ3n) is 4.69. The Bertz CT molecular complexity index is 764. The normalized spacial score (nSPS) is 11.8. The molecule has 1 amide bonds. The van der Waals surface area contributed by atoms with Gasteiger partial charge in [-0.2, -0.15) is 0 Å². The van der Waals surface area contributed by atoms with Gasteiger partial charge in [-0.05, 0) is 31.2 Å². The fourth-order valence-electron chi connectivity index (χ4n) is 3.09. The molecule has 0 saturated heterocycles. The second-order valence-electron chi connectivity index (χ2n) is 6.59. The number of methoxy groups -OCH3 is 3. The highest BCUT2D eigenvalue weighted by atomic mass is 16.5. The maximum absolute atomic E-state index is 12.7. The first kappa shape index (κ1) is 20.6. The topological polar surface area (TPSA) is 61.2 Å². The highest BCUT2D eigenvalue weighted by molar-refractivity contribution is 5.95. The lowest BCUT2D eigenvalue weighted by atomic mass is 10.0. The lowest BCUT2D eigenvalue weighted by Gasteiger charge is -2.24. The van der Waals surface area contributed by atoms with Gasteiger partial charge in [0.25, 0.3) is 5.91 Å². The van der Waals surface area contributed by atoms with E-state index >= 15 is 0 Å². The van der Waals surface area contributed by atoms with E-state index in [-0.39, 0.29) is 11.9 Å². The Morgan fingerprint density at radius 3 is 2.07 bits per heavy atom. The largest absolute Gasteiger partial charge is 0.496 e. The van der Waals surface area contributed by atoms with Crippen LogP contribution in [0.1, 0.15) is 27.5 Å². The number of para-hydroxylation sites is 1. The highest BCUT2D eigenvalue weighted by Gasteiger charge is 2.23. The summed E-state index contributed by atoms with van der Waals surface area (Å²) in [6.45, 7) is 2.37. The summed E-state index contributed by atoms with van der Waals surface area (Å²) in [7, 11) is 8.93. The van der Waals surface area contributed by atoms with Crippen LogP contribution < -0.4 is 24.4 Å². The standard InChI is InChI=1S/C21H28N2O4/c1-14-19(26-5)11-15(12-20(14)27-6)21(24)22-13-17(23(2)3)16-9-7-8-10-18(16)25-4/h7-12,17H,13H2,1-6H3,(H,22,24)/p+1/t17-/m0/s1. The monoisotopic (exact) mass is 373 g/mol. The van der Waals surface area contributed by atoms with E-state index < -0.39 is 0 Å². The molecule has 27 heavy (non-hydrogen) atoms. The van der Waals surface area contributed by atoms with Crippen molar-refractivity contribution in [2.75, 3.05) is 42.0 Å². The summed E-state index contributed by atoms with van der Waals surface area (Å²) in [6.07, 6.45) is 0. The SMILES string of the molecule is COc1ccccc1[C@H](CNC(=O)c1cc(OC)c(C)c(OC)c1)[NH+](C)C. The van der Waals surface area contributed by atoms with E-state index in [0.717, 1.165) is 16.9 Å². The minimum absolute atomic E-state index is 0.0549. The molecule has 146 valence electrons. The van der Waals surface area contributed by atoms with Gasteiger partial charge in [0.15, 0.2) is 0 Å². The zero-order chi connectivity index (χ0) is 20.0. The quantitative estimate of drug-likeness (QED) is 0.739. The van der Waals surface area contributed by atoms with E-state index in [1.165, 1.54) is 4.90 Å². The Hall–Kier alpha value is -2.73. The van der Waals surface area contributed by atoms with Gasteiger partial charge >= 0.3 is 0 Å². The average Bonchev–Trinajstić information content (AvgIpc) is 2.68. The summed E-state index contributed by atoms with van der Waals surface area (Å²) in [5.41, 5.74) is 2.42. The van der Waals surface area contributed by atoms with Crippen LogP contribution in [-0.4, -0.2) is 47.9 Å². The Balaban J connectivity index is 2.22. The third kappa shape index (κ3) is 4.71. The molecule has 0 heterocycles. The van der Waals surface area contributed by atoms with Crippen LogP contribution in [0.2, 0.25) is 0 Å². The van der Waals surface area contributed by atoms with Crippen LogP contribution in [0.5, 0.6) is 17.2 Å². The van der Waals surface area contributed by atoms with Gasteiger partial charge in [-0.3, -0.25) is 4.79 Å². The summed E-state index contributed by atoms with van der Waals surface area (Å²) in [6, 6.07) is 11.4. The van der Waals surface area contributed by atoms with Crippen LogP contribution in [0.3, 0.4) is 0 Å². The average molecular weight is 373 g/mol. The molecule has 0 fully saturated rings. The van der Waals surface area contributed by atoms with E-state index in [1.807, 2.05) is 31.2 Å². The van der Waals surface area contributed by atoms with Gasteiger partial charge in [0.1, 0.15) is 23.3 Å². The van der Waals surface area contributed by atoms with E-state index in [4.69, 9.17) is 14.2 Å². The number of quaternary nitrogens is 1. The minimum Gasteiger partial charge on any atom is -0.496 e. The maximum Gasteiger partial charge on any atom is 0.251 e. The Morgan fingerprint density at radius 2 is 1.56 bits per heavy atom. The number of carbonyl (C=O) groups excluding carboxylic acids is 1. The molecule has 0 unspecified atom stereocenters. The van der Waals surface area contributed by atoms with Crippen molar-refractivity contribution in [1.82, 2.24) is 5.32 Å². The summed E-state index contributed by atoms with van der Waals surface area (Å²) < 4.78 is 16.2. The lowest BCUT2D eigenvalue weighted by Crippen LogP contribution is -3.07. The van der Waals surface area contributed by atoms with Gasteiger partial charge in [0, 0.05) is 11.1 Å². The lowest BCUT2D eigenvalue weighted by molar-refractivity contribution is -0.890. The minimum atomic E-state index is -0.173. The number of hydrogen-bond donors (Lipinski definition) is 2. The summed E-state index contributed by atoms with van der Waals surface area (Å²) >= 11 is 0.